The third kappa shape index (κ3) is 4.42. The summed E-state index contributed by atoms with van der Waals surface area (Å²) >= 11 is 0. The number of benzene rings is 2. The number of carbonyl (C=O) groups is 2. The first-order chi connectivity index (χ1) is 12.5. The van der Waals surface area contributed by atoms with Crippen LogP contribution in [0.5, 0.6) is 11.5 Å². The molecule has 1 aliphatic heterocycles. The first kappa shape index (κ1) is 18.0. The van der Waals surface area contributed by atoms with Crippen molar-refractivity contribution in [2.45, 2.75) is 33.2 Å². The predicted molar refractivity (Wildman–Crippen MR) is 98.8 cm³/mol. The summed E-state index contributed by atoms with van der Waals surface area (Å²) in [6, 6.07) is 11.3. The molecular formula is C21H23NO4. The van der Waals surface area contributed by atoms with E-state index in [-0.39, 0.29) is 24.5 Å². The summed E-state index contributed by atoms with van der Waals surface area (Å²) in [6.45, 7) is 5.54. The highest BCUT2D eigenvalue weighted by atomic mass is 16.6. The molecule has 2 aromatic carbocycles. The Bertz CT molecular complexity index is 829. The van der Waals surface area contributed by atoms with Gasteiger partial charge in [-0.15, -0.1) is 0 Å². The van der Waals surface area contributed by atoms with E-state index in [4.69, 9.17) is 9.47 Å². The van der Waals surface area contributed by atoms with Gasteiger partial charge in [-0.05, 0) is 43.2 Å². The molecule has 0 aromatic heterocycles. The zero-order valence-electron chi connectivity index (χ0n) is 15.1. The van der Waals surface area contributed by atoms with Crippen molar-refractivity contribution in [3.63, 3.8) is 0 Å². The van der Waals surface area contributed by atoms with Gasteiger partial charge in [0, 0.05) is 24.9 Å². The van der Waals surface area contributed by atoms with E-state index in [1.54, 1.807) is 18.2 Å². The molecule has 5 heteroatoms. The van der Waals surface area contributed by atoms with E-state index in [1.165, 1.54) is 5.56 Å². The monoisotopic (exact) mass is 353 g/mol. The van der Waals surface area contributed by atoms with Gasteiger partial charge in [0.1, 0.15) is 13.2 Å². The summed E-state index contributed by atoms with van der Waals surface area (Å²) in [5.41, 5.74) is 3.97. The van der Waals surface area contributed by atoms with Crippen LogP contribution < -0.4 is 14.8 Å². The topological polar surface area (TPSA) is 64.6 Å². The predicted octanol–water partition coefficient (Wildman–Crippen LogP) is 3.35. The van der Waals surface area contributed by atoms with Crippen LogP contribution >= 0.6 is 0 Å². The van der Waals surface area contributed by atoms with Gasteiger partial charge in [0.25, 0.3) is 0 Å². The lowest BCUT2D eigenvalue weighted by Crippen LogP contribution is -2.23. The second kappa shape index (κ2) is 8.04. The average Bonchev–Trinajstić information content (AvgIpc) is 2.65. The molecule has 0 saturated heterocycles. The first-order valence-corrected chi connectivity index (χ1v) is 8.78. The van der Waals surface area contributed by atoms with E-state index in [0.717, 1.165) is 11.1 Å². The maximum Gasteiger partial charge on any atom is 0.220 e. The molecule has 0 unspecified atom stereocenters. The quantitative estimate of drug-likeness (QED) is 0.809. The third-order valence-electron chi connectivity index (χ3n) is 4.42. The zero-order valence-corrected chi connectivity index (χ0v) is 15.1. The van der Waals surface area contributed by atoms with Crippen LogP contribution in [0.1, 0.15) is 39.9 Å². The lowest BCUT2D eigenvalue weighted by atomic mass is 10.0. The molecule has 3 rings (SSSR count). The van der Waals surface area contributed by atoms with Crippen molar-refractivity contribution in [3.05, 3.63) is 58.7 Å². The van der Waals surface area contributed by atoms with Crippen molar-refractivity contribution < 1.29 is 19.1 Å². The normalized spacial score (nSPS) is 12.5. The van der Waals surface area contributed by atoms with Crippen molar-refractivity contribution >= 4 is 11.7 Å². The molecule has 1 aliphatic rings. The number of ketones is 1. The summed E-state index contributed by atoms with van der Waals surface area (Å²) in [5, 5.41) is 2.88. The molecule has 1 heterocycles. The fourth-order valence-electron chi connectivity index (χ4n) is 2.91. The van der Waals surface area contributed by atoms with Crippen molar-refractivity contribution in [1.29, 1.82) is 0 Å². The minimum Gasteiger partial charge on any atom is -0.486 e. The molecule has 1 N–H and O–H groups in total. The molecule has 0 atom stereocenters. The second-order valence-electron chi connectivity index (χ2n) is 6.49. The highest BCUT2D eigenvalue weighted by Crippen LogP contribution is 2.31. The van der Waals surface area contributed by atoms with Crippen LogP contribution in [0.2, 0.25) is 0 Å². The fraction of sp³-hybridized carbons (Fsp3) is 0.333. The first-order valence-electron chi connectivity index (χ1n) is 8.78. The number of fused-ring (bicyclic) bond motifs is 1. The Kier molecular flexibility index (Phi) is 5.56. The van der Waals surface area contributed by atoms with Gasteiger partial charge in [-0.25, -0.2) is 0 Å². The van der Waals surface area contributed by atoms with Crippen LogP contribution in [0, 0.1) is 13.8 Å². The number of hydrogen-bond acceptors (Lipinski definition) is 4. The molecular weight excluding hydrogens is 330 g/mol. The van der Waals surface area contributed by atoms with Gasteiger partial charge in [-0.2, -0.15) is 0 Å². The lowest BCUT2D eigenvalue weighted by molar-refractivity contribution is -0.121. The van der Waals surface area contributed by atoms with Crippen molar-refractivity contribution in [2.75, 3.05) is 13.2 Å². The third-order valence-corrected chi connectivity index (χ3v) is 4.42. The molecule has 0 radical (unpaired) electrons. The van der Waals surface area contributed by atoms with E-state index >= 15 is 0 Å². The smallest absolute Gasteiger partial charge is 0.220 e. The summed E-state index contributed by atoms with van der Waals surface area (Å²) in [7, 11) is 0. The largest absolute Gasteiger partial charge is 0.486 e. The van der Waals surface area contributed by atoms with E-state index in [1.807, 2.05) is 26.0 Å². The Morgan fingerprint density at radius 2 is 1.73 bits per heavy atom. The lowest BCUT2D eigenvalue weighted by Gasteiger charge is -2.18. The minimum absolute atomic E-state index is 0.0800. The molecule has 26 heavy (non-hydrogen) atoms. The summed E-state index contributed by atoms with van der Waals surface area (Å²) in [4.78, 5) is 24.4. The number of aryl methyl sites for hydroxylation is 2. The van der Waals surface area contributed by atoms with Gasteiger partial charge in [0.2, 0.25) is 5.91 Å². The van der Waals surface area contributed by atoms with Crippen LogP contribution in [0.25, 0.3) is 0 Å². The van der Waals surface area contributed by atoms with Crippen molar-refractivity contribution in [3.8, 4) is 11.5 Å². The number of ether oxygens (including phenoxy) is 2. The van der Waals surface area contributed by atoms with Gasteiger partial charge in [-0.1, -0.05) is 23.8 Å². The molecule has 0 bridgehead atoms. The zero-order chi connectivity index (χ0) is 18.5. The SMILES string of the molecule is Cc1ccc(CNC(=O)CCC(=O)c2ccc3c(c2)OCCO3)c(C)c1. The Morgan fingerprint density at radius 3 is 2.50 bits per heavy atom. The molecule has 136 valence electrons. The minimum atomic E-state index is -0.129. The van der Waals surface area contributed by atoms with Gasteiger partial charge in [0.15, 0.2) is 17.3 Å². The summed E-state index contributed by atoms with van der Waals surface area (Å²) in [5.74, 6) is 1.03. The van der Waals surface area contributed by atoms with Crippen molar-refractivity contribution in [1.82, 2.24) is 5.32 Å². The van der Waals surface area contributed by atoms with E-state index in [9.17, 15) is 9.59 Å². The molecule has 2 aromatic rings. The highest BCUT2D eigenvalue weighted by molar-refractivity contribution is 5.98. The van der Waals surface area contributed by atoms with Gasteiger partial charge in [-0.3, -0.25) is 9.59 Å². The van der Waals surface area contributed by atoms with Crippen LogP contribution in [0.15, 0.2) is 36.4 Å². The summed E-state index contributed by atoms with van der Waals surface area (Å²) < 4.78 is 10.9. The Morgan fingerprint density at radius 1 is 0.962 bits per heavy atom. The Labute approximate surface area is 153 Å². The van der Waals surface area contributed by atoms with Gasteiger partial charge in [0.05, 0.1) is 0 Å². The van der Waals surface area contributed by atoms with E-state index in [2.05, 4.69) is 11.4 Å². The molecule has 0 aliphatic carbocycles. The number of hydrogen-bond donors (Lipinski definition) is 1. The number of nitrogens with one attached hydrogen (secondary N) is 1. The van der Waals surface area contributed by atoms with E-state index in [0.29, 0.717) is 36.8 Å². The standard InChI is InChI=1S/C21H23NO4/c1-14-3-4-17(15(2)11-14)13-22-21(24)8-6-18(23)16-5-7-19-20(12-16)26-10-9-25-19/h3-5,7,11-12H,6,8-10,13H2,1-2H3,(H,22,24). The Hall–Kier alpha value is -2.82. The van der Waals surface area contributed by atoms with Crippen LogP contribution in [0.3, 0.4) is 0 Å². The maximum atomic E-state index is 12.3. The van der Waals surface area contributed by atoms with E-state index < -0.39 is 0 Å². The molecule has 1 amide bonds. The second-order valence-corrected chi connectivity index (χ2v) is 6.49. The molecule has 0 fully saturated rings. The summed E-state index contributed by atoms with van der Waals surface area (Å²) in [6.07, 6.45) is 0.330. The van der Waals surface area contributed by atoms with Crippen LogP contribution in [0.4, 0.5) is 0 Å². The average molecular weight is 353 g/mol. The van der Waals surface area contributed by atoms with Gasteiger partial charge < -0.3 is 14.8 Å². The number of Topliss-reactive ketones (excluding diaryl/α,β-unsaturated/α-hetero) is 1. The molecule has 0 saturated carbocycles. The van der Waals surface area contributed by atoms with Crippen LogP contribution in [-0.2, 0) is 11.3 Å². The molecule has 5 nitrogen and oxygen atoms in total. The maximum absolute atomic E-state index is 12.3. The fourth-order valence-corrected chi connectivity index (χ4v) is 2.91. The van der Waals surface area contributed by atoms with Gasteiger partial charge >= 0.3 is 0 Å². The van der Waals surface area contributed by atoms with Crippen molar-refractivity contribution in [2.24, 2.45) is 0 Å². The number of rotatable bonds is 6. The Balaban J connectivity index is 1.50. The van der Waals surface area contributed by atoms with Crippen LogP contribution in [-0.4, -0.2) is 24.9 Å². The highest BCUT2D eigenvalue weighted by Gasteiger charge is 2.15. The number of carbonyl (C=O) groups excluding carboxylic acids is 2. The molecule has 0 spiro atoms. The number of amides is 1.